The molecule has 2 N–H and O–H groups in total. The van der Waals surface area contributed by atoms with Crippen LogP contribution >= 0.6 is 11.8 Å². The van der Waals surface area contributed by atoms with Crippen molar-refractivity contribution in [3.8, 4) is 0 Å². The summed E-state index contributed by atoms with van der Waals surface area (Å²) < 4.78 is 0. The van der Waals surface area contributed by atoms with Crippen LogP contribution in [0.15, 0.2) is 0 Å². The Morgan fingerprint density at radius 1 is 1.00 bits per heavy atom. The lowest BCUT2D eigenvalue weighted by Gasteiger charge is -2.12. The molecule has 0 aliphatic heterocycles. The van der Waals surface area contributed by atoms with Gasteiger partial charge in [0.25, 0.3) is 0 Å². The van der Waals surface area contributed by atoms with E-state index in [1.54, 1.807) is 11.8 Å². The number of hydrogen-bond acceptors (Lipinski definition) is 3. The highest BCUT2D eigenvalue weighted by Gasteiger charge is 2.17. The average Bonchev–Trinajstić information content (AvgIpc) is 2.42. The maximum absolute atomic E-state index is 10.9. The Balaban J connectivity index is 3.38. The van der Waals surface area contributed by atoms with E-state index in [1.165, 1.54) is 58.3 Å². The van der Waals surface area contributed by atoms with E-state index in [1.807, 2.05) is 0 Å². The van der Waals surface area contributed by atoms with E-state index in [4.69, 9.17) is 5.11 Å². The summed E-state index contributed by atoms with van der Waals surface area (Å²) in [6.45, 7) is 3.58. The minimum absolute atomic E-state index is 0.282. The lowest BCUT2D eigenvalue weighted by molar-refractivity contribution is -0.141. The van der Waals surface area contributed by atoms with Gasteiger partial charge < -0.3 is 10.4 Å². The fourth-order valence-electron chi connectivity index (χ4n) is 2.14. The molecule has 0 radical (unpaired) electrons. The minimum atomic E-state index is -0.946. The SMILES string of the molecule is CCCCCCCCCCSCCC(NC(C)=O)C(=O)O. The molecule has 0 aromatic rings. The Morgan fingerprint density at radius 2 is 1.57 bits per heavy atom. The van der Waals surface area contributed by atoms with Gasteiger partial charge in [-0.3, -0.25) is 4.79 Å². The lowest BCUT2D eigenvalue weighted by Crippen LogP contribution is -2.39. The van der Waals surface area contributed by atoms with Crippen LogP contribution in [-0.2, 0) is 9.59 Å². The van der Waals surface area contributed by atoms with E-state index >= 15 is 0 Å². The second-order valence-electron chi connectivity index (χ2n) is 5.47. The summed E-state index contributed by atoms with van der Waals surface area (Å²) in [6.07, 6.45) is 11.0. The van der Waals surface area contributed by atoms with Crippen LogP contribution in [0.25, 0.3) is 0 Å². The number of carboxylic acids is 1. The average molecular weight is 317 g/mol. The van der Waals surface area contributed by atoms with Crippen LogP contribution in [0.1, 0.15) is 71.6 Å². The van der Waals surface area contributed by atoms with Gasteiger partial charge in [-0.15, -0.1) is 0 Å². The van der Waals surface area contributed by atoms with Gasteiger partial charge in [-0.05, 0) is 24.3 Å². The summed E-state index contributed by atoms with van der Waals surface area (Å²) in [6, 6.07) is -0.742. The number of hydrogen-bond donors (Lipinski definition) is 2. The van der Waals surface area contributed by atoms with Gasteiger partial charge in [0.15, 0.2) is 0 Å². The number of nitrogens with one attached hydrogen (secondary N) is 1. The molecule has 0 aliphatic carbocycles. The quantitative estimate of drug-likeness (QED) is 0.478. The summed E-state index contributed by atoms with van der Waals surface area (Å²) in [5.41, 5.74) is 0. The molecule has 0 heterocycles. The molecule has 0 aromatic heterocycles. The molecule has 0 bridgehead atoms. The van der Waals surface area contributed by atoms with Crippen molar-refractivity contribution in [1.29, 1.82) is 0 Å². The number of amides is 1. The van der Waals surface area contributed by atoms with Crippen molar-refractivity contribution in [2.24, 2.45) is 0 Å². The first-order valence-corrected chi connectivity index (χ1v) is 9.31. The third kappa shape index (κ3) is 14.0. The zero-order valence-corrected chi connectivity index (χ0v) is 14.3. The predicted molar refractivity (Wildman–Crippen MR) is 89.8 cm³/mol. The molecule has 1 unspecified atom stereocenters. The third-order valence-electron chi connectivity index (χ3n) is 3.37. The molecule has 0 rings (SSSR count). The number of aliphatic carboxylic acids is 1. The molecule has 0 saturated heterocycles. The van der Waals surface area contributed by atoms with Crippen LogP contribution in [0, 0.1) is 0 Å². The van der Waals surface area contributed by atoms with E-state index in [2.05, 4.69) is 12.2 Å². The second-order valence-corrected chi connectivity index (χ2v) is 6.69. The number of unbranched alkanes of at least 4 members (excludes halogenated alkanes) is 7. The smallest absolute Gasteiger partial charge is 0.326 e. The molecule has 0 aliphatic rings. The van der Waals surface area contributed by atoms with Crippen LogP contribution in [0.2, 0.25) is 0 Å². The summed E-state index contributed by atoms with van der Waals surface area (Å²) in [5.74, 6) is 0.642. The van der Waals surface area contributed by atoms with Crippen molar-refractivity contribution >= 4 is 23.6 Å². The minimum Gasteiger partial charge on any atom is -0.480 e. The van der Waals surface area contributed by atoms with E-state index < -0.39 is 12.0 Å². The van der Waals surface area contributed by atoms with Crippen LogP contribution < -0.4 is 5.32 Å². The van der Waals surface area contributed by atoms with Crippen LogP contribution in [0.5, 0.6) is 0 Å². The Bertz CT molecular complexity index is 285. The summed E-state index contributed by atoms with van der Waals surface area (Å²) in [5, 5.41) is 11.4. The van der Waals surface area contributed by atoms with Crippen molar-refractivity contribution in [2.75, 3.05) is 11.5 Å². The number of carbonyl (C=O) groups is 2. The van der Waals surface area contributed by atoms with Crippen molar-refractivity contribution in [1.82, 2.24) is 5.32 Å². The van der Waals surface area contributed by atoms with Crippen molar-refractivity contribution in [2.45, 2.75) is 77.7 Å². The molecule has 0 aromatic carbocycles. The highest BCUT2D eigenvalue weighted by Crippen LogP contribution is 2.12. The number of carbonyl (C=O) groups excluding carboxylic acids is 1. The zero-order chi connectivity index (χ0) is 15.9. The normalized spacial score (nSPS) is 12.1. The number of carboxylic acid groups (broad SMARTS) is 1. The fourth-order valence-corrected chi connectivity index (χ4v) is 3.16. The Hall–Kier alpha value is -0.710. The molecule has 0 saturated carbocycles. The van der Waals surface area contributed by atoms with E-state index in [9.17, 15) is 9.59 Å². The first-order chi connectivity index (χ1) is 10.1. The maximum atomic E-state index is 10.9. The third-order valence-corrected chi connectivity index (χ3v) is 4.47. The van der Waals surface area contributed by atoms with E-state index in [0.29, 0.717) is 6.42 Å². The first-order valence-electron chi connectivity index (χ1n) is 8.15. The highest BCUT2D eigenvalue weighted by molar-refractivity contribution is 7.99. The van der Waals surface area contributed by atoms with Crippen LogP contribution in [0.3, 0.4) is 0 Å². The molecule has 124 valence electrons. The summed E-state index contributed by atoms with van der Waals surface area (Å²) in [4.78, 5) is 21.8. The number of thioether (sulfide) groups is 1. The zero-order valence-electron chi connectivity index (χ0n) is 13.5. The standard InChI is InChI=1S/C16H31NO3S/c1-3-4-5-6-7-8-9-10-12-21-13-11-15(16(19)20)17-14(2)18/h15H,3-13H2,1-2H3,(H,17,18)(H,19,20). The van der Waals surface area contributed by atoms with Gasteiger partial charge in [0.05, 0.1) is 0 Å². The molecular weight excluding hydrogens is 286 g/mol. The first kappa shape index (κ1) is 20.3. The van der Waals surface area contributed by atoms with Gasteiger partial charge in [-0.25, -0.2) is 4.79 Å². The predicted octanol–water partition coefficient (Wildman–Crippen LogP) is 3.84. The highest BCUT2D eigenvalue weighted by atomic mass is 32.2. The van der Waals surface area contributed by atoms with Crippen molar-refractivity contribution in [3.05, 3.63) is 0 Å². The van der Waals surface area contributed by atoms with Gasteiger partial charge in [0.1, 0.15) is 6.04 Å². The van der Waals surface area contributed by atoms with Crippen molar-refractivity contribution < 1.29 is 14.7 Å². The van der Waals surface area contributed by atoms with Gasteiger partial charge in [-0.1, -0.05) is 51.9 Å². The van der Waals surface area contributed by atoms with Crippen molar-refractivity contribution in [3.63, 3.8) is 0 Å². The van der Waals surface area contributed by atoms with Gasteiger partial charge in [-0.2, -0.15) is 11.8 Å². The Kier molecular flexibility index (Phi) is 13.8. The van der Waals surface area contributed by atoms with Crippen LogP contribution in [-0.4, -0.2) is 34.5 Å². The fraction of sp³-hybridized carbons (Fsp3) is 0.875. The maximum Gasteiger partial charge on any atom is 0.326 e. The monoisotopic (exact) mass is 317 g/mol. The van der Waals surface area contributed by atoms with Crippen LogP contribution in [0.4, 0.5) is 0 Å². The lowest BCUT2D eigenvalue weighted by atomic mass is 10.1. The summed E-state index contributed by atoms with van der Waals surface area (Å²) >= 11 is 1.78. The molecule has 5 heteroatoms. The van der Waals surface area contributed by atoms with Gasteiger partial charge in [0, 0.05) is 6.92 Å². The Morgan fingerprint density at radius 3 is 2.10 bits per heavy atom. The van der Waals surface area contributed by atoms with E-state index in [-0.39, 0.29) is 5.91 Å². The second kappa shape index (κ2) is 14.2. The molecule has 4 nitrogen and oxygen atoms in total. The molecule has 0 fully saturated rings. The Labute approximate surface area is 133 Å². The number of rotatable bonds is 14. The summed E-state index contributed by atoms with van der Waals surface area (Å²) in [7, 11) is 0. The van der Waals surface area contributed by atoms with Gasteiger partial charge >= 0.3 is 5.97 Å². The molecule has 0 spiro atoms. The topological polar surface area (TPSA) is 66.4 Å². The largest absolute Gasteiger partial charge is 0.480 e. The molecule has 1 amide bonds. The molecule has 21 heavy (non-hydrogen) atoms. The molecule has 1 atom stereocenters. The van der Waals surface area contributed by atoms with Gasteiger partial charge in [0.2, 0.25) is 5.91 Å². The van der Waals surface area contributed by atoms with E-state index in [0.717, 1.165) is 11.5 Å². The molecular formula is C16H31NO3S.